The molecule has 0 amide bonds. The fraction of sp³-hybridized carbons (Fsp3) is 0.571. The van der Waals surface area contributed by atoms with Crippen LogP contribution >= 0.6 is 15.9 Å². The Hall–Kier alpha value is -0.430. The fourth-order valence-corrected chi connectivity index (χ4v) is 4.81. The minimum Gasteiger partial charge on any atom is -0.297 e. The molecule has 0 aliphatic carbocycles. The summed E-state index contributed by atoms with van der Waals surface area (Å²) in [6.07, 6.45) is 2.41. The average Bonchev–Trinajstić information content (AvgIpc) is 2.34. The standard InChI is InChI=1S/C14H19BrN2O2S/c1-20(18,19)17-9-12-6-7-16(10-14(12)17)8-11-4-2-3-5-13(11)15/h2-5,12,14H,6-10H2,1H3/t12-,14-/m1/s1. The molecule has 0 N–H and O–H groups in total. The summed E-state index contributed by atoms with van der Waals surface area (Å²) in [6, 6.07) is 8.40. The highest BCUT2D eigenvalue weighted by atomic mass is 79.9. The summed E-state index contributed by atoms with van der Waals surface area (Å²) < 4.78 is 26.2. The number of benzene rings is 1. The number of rotatable bonds is 3. The zero-order valence-corrected chi connectivity index (χ0v) is 13.9. The Bertz CT molecular complexity index is 605. The minimum atomic E-state index is -3.04. The van der Waals surface area contributed by atoms with E-state index in [1.54, 1.807) is 4.31 Å². The van der Waals surface area contributed by atoms with Crippen molar-refractivity contribution in [2.45, 2.75) is 19.0 Å². The van der Waals surface area contributed by atoms with Crippen LogP contribution in [0.4, 0.5) is 0 Å². The molecule has 0 unspecified atom stereocenters. The highest BCUT2D eigenvalue weighted by Crippen LogP contribution is 2.35. The van der Waals surface area contributed by atoms with Crippen LogP contribution in [-0.2, 0) is 16.6 Å². The second-order valence-electron chi connectivity index (χ2n) is 5.78. The first-order valence-corrected chi connectivity index (χ1v) is 9.52. The van der Waals surface area contributed by atoms with E-state index in [2.05, 4.69) is 26.9 Å². The largest absolute Gasteiger partial charge is 0.297 e. The molecule has 6 heteroatoms. The van der Waals surface area contributed by atoms with Gasteiger partial charge in [-0.1, -0.05) is 34.1 Å². The van der Waals surface area contributed by atoms with Crippen molar-refractivity contribution in [1.29, 1.82) is 0 Å². The molecule has 110 valence electrons. The van der Waals surface area contributed by atoms with Crippen LogP contribution < -0.4 is 0 Å². The third-order valence-electron chi connectivity index (χ3n) is 4.37. The lowest BCUT2D eigenvalue weighted by molar-refractivity contribution is 0.0109. The maximum absolute atomic E-state index is 11.7. The van der Waals surface area contributed by atoms with Crippen LogP contribution in [0.1, 0.15) is 12.0 Å². The molecule has 0 saturated carbocycles. The number of likely N-dealkylation sites (tertiary alicyclic amines) is 1. The van der Waals surface area contributed by atoms with E-state index >= 15 is 0 Å². The molecule has 20 heavy (non-hydrogen) atoms. The first-order valence-electron chi connectivity index (χ1n) is 6.88. The Labute approximate surface area is 128 Å². The molecular formula is C14H19BrN2O2S. The van der Waals surface area contributed by atoms with E-state index in [9.17, 15) is 8.42 Å². The van der Waals surface area contributed by atoms with Gasteiger partial charge in [-0.2, -0.15) is 4.31 Å². The second kappa shape index (κ2) is 5.40. The van der Waals surface area contributed by atoms with Crippen LogP contribution in [0.15, 0.2) is 28.7 Å². The average molecular weight is 359 g/mol. The molecule has 3 rings (SSSR count). The first kappa shape index (κ1) is 14.5. The van der Waals surface area contributed by atoms with E-state index in [0.717, 1.165) is 30.5 Å². The van der Waals surface area contributed by atoms with Crippen LogP contribution in [0.25, 0.3) is 0 Å². The van der Waals surface area contributed by atoms with Crippen LogP contribution in [0.3, 0.4) is 0 Å². The molecule has 1 aromatic rings. The summed E-state index contributed by atoms with van der Waals surface area (Å²) in [7, 11) is -3.04. The maximum atomic E-state index is 11.7. The lowest BCUT2D eigenvalue weighted by Gasteiger charge is -2.52. The van der Waals surface area contributed by atoms with E-state index in [1.165, 1.54) is 11.8 Å². The second-order valence-corrected chi connectivity index (χ2v) is 8.56. The molecule has 4 nitrogen and oxygen atoms in total. The number of halogens is 1. The Kier molecular flexibility index (Phi) is 3.92. The van der Waals surface area contributed by atoms with Gasteiger partial charge in [0.25, 0.3) is 0 Å². The van der Waals surface area contributed by atoms with E-state index in [1.807, 2.05) is 18.2 Å². The van der Waals surface area contributed by atoms with Gasteiger partial charge >= 0.3 is 0 Å². The zero-order valence-electron chi connectivity index (χ0n) is 11.5. The molecule has 2 aliphatic heterocycles. The van der Waals surface area contributed by atoms with E-state index in [-0.39, 0.29) is 6.04 Å². The number of sulfonamides is 1. The van der Waals surface area contributed by atoms with Gasteiger partial charge in [-0.25, -0.2) is 8.42 Å². The van der Waals surface area contributed by atoms with Crippen LogP contribution in [0.2, 0.25) is 0 Å². The molecule has 2 aliphatic rings. The number of hydrogen-bond donors (Lipinski definition) is 0. The molecule has 2 atom stereocenters. The van der Waals surface area contributed by atoms with Crippen molar-refractivity contribution in [3.05, 3.63) is 34.3 Å². The van der Waals surface area contributed by atoms with Crippen molar-refractivity contribution in [3.8, 4) is 0 Å². The first-order chi connectivity index (χ1) is 9.45. The topological polar surface area (TPSA) is 40.6 Å². The van der Waals surface area contributed by atoms with Gasteiger partial charge in [0.1, 0.15) is 0 Å². The van der Waals surface area contributed by atoms with Crippen molar-refractivity contribution in [3.63, 3.8) is 0 Å². The zero-order chi connectivity index (χ0) is 14.3. The number of hydrogen-bond acceptors (Lipinski definition) is 3. The molecular weight excluding hydrogens is 340 g/mol. The Balaban J connectivity index is 1.67. The lowest BCUT2D eigenvalue weighted by Crippen LogP contribution is -2.65. The van der Waals surface area contributed by atoms with Gasteiger partial charge in [0.15, 0.2) is 0 Å². The molecule has 0 radical (unpaired) electrons. The van der Waals surface area contributed by atoms with Gasteiger partial charge in [0.2, 0.25) is 10.0 Å². The van der Waals surface area contributed by atoms with Gasteiger partial charge in [-0.15, -0.1) is 0 Å². The number of piperidine rings is 1. The third-order valence-corrected chi connectivity index (χ3v) is 6.41. The van der Waals surface area contributed by atoms with E-state index < -0.39 is 10.0 Å². The predicted molar refractivity (Wildman–Crippen MR) is 82.9 cm³/mol. The Morgan fingerprint density at radius 2 is 2.05 bits per heavy atom. The van der Waals surface area contributed by atoms with E-state index in [0.29, 0.717) is 12.5 Å². The van der Waals surface area contributed by atoms with Crippen molar-refractivity contribution >= 4 is 26.0 Å². The summed E-state index contributed by atoms with van der Waals surface area (Å²) in [4.78, 5) is 2.36. The number of fused-ring (bicyclic) bond motifs is 1. The summed E-state index contributed by atoms with van der Waals surface area (Å²) in [5.74, 6) is 0.556. The summed E-state index contributed by atoms with van der Waals surface area (Å²) in [6.45, 7) is 3.49. The monoisotopic (exact) mass is 358 g/mol. The smallest absolute Gasteiger partial charge is 0.211 e. The Morgan fingerprint density at radius 1 is 1.30 bits per heavy atom. The van der Waals surface area contributed by atoms with Crippen LogP contribution in [0.5, 0.6) is 0 Å². The van der Waals surface area contributed by atoms with Crippen molar-refractivity contribution in [2.24, 2.45) is 5.92 Å². The Morgan fingerprint density at radius 3 is 2.75 bits per heavy atom. The molecule has 1 aromatic carbocycles. The molecule has 0 aromatic heterocycles. The quantitative estimate of drug-likeness (QED) is 0.828. The molecule has 2 saturated heterocycles. The predicted octanol–water partition coefficient (Wildman–Crippen LogP) is 1.91. The molecule has 2 fully saturated rings. The van der Waals surface area contributed by atoms with E-state index in [4.69, 9.17) is 0 Å². The third kappa shape index (κ3) is 2.79. The maximum Gasteiger partial charge on any atom is 0.211 e. The van der Waals surface area contributed by atoms with Gasteiger partial charge in [0.05, 0.1) is 6.26 Å². The van der Waals surface area contributed by atoms with Crippen LogP contribution in [0, 0.1) is 5.92 Å². The van der Waals surface area contributed by atoms with Gasteiger partial charge in [0, 0.05) is 30.1 Å². The highest BCUT2D eigenvalue weighted by Gasteiger charge is 2.46. The number of nitrogens with zero attached hydrogens (tertiary/aromatic N) is 2. The van der Waals surface area contributed by atoms with Crippen LogP contribution in [-0.4, -0.2) is 49.6 Å². The van der Waals surface area contributed by atoms with Crippen molar-refractivity contribution in [1.82, 2.24) is 9.21 Å². The molecule has 0 bridgehead atoms. The van der Waals surface area contributed by atoms with Gasteiger partial charge in [-0.05, 0) is 30.5 Å². The van der Waals surface area contributed by atoms with Gasteiger partial charge < -0.3 is 0 Å². The van der Waals surface area contributed by atoms with Crippen molar-refractivity contribution < 1.29 is 8.42 Å². The highest BCUT2D eigenvalue weighted by molar-refractivity contribution is 9.10. The SMILES string of the molecule is CS(=O)(=O)N1C[C@H]2CCN(Cc3ccccc3Br)C[C@H]21. The lowest BCUT2D eigenvalue weighted by atomic mass is 9.84. The van der Waals surface area contributed by atoms with Gasteiger partial charge in [-0.3, -0.25) is 4.90 Å². The molecule has 2 heterocycles. The summed E-state index contributed by atoms with van der Waals surface area (Å²) in [5, 5.41) is 0. The summed E-state index contributed by atoms with van der Waals surface area (Å²) >= 11 is 3.57. The molecule has 0 spiro atoms. The fourth-order valence-electron chi connectivity index (χ4n) is 3.21. The normalized spacial score (nSPS) is 27.9. The summed E-state index contributed by atoms with van der Waals surface area (Å²) in [5.41, 5.74) is 1.26. The minimum absolute atomic E-state index is 0.182. The van der Waals surface area contributed by atoms with Crippen molar-refractivity contribution in [2.75, 3.05) is 25.9 Å².